The number of esters is 1. The summed E-state index contributed by atoms with van der Waals surface area (Å²) >= 11 is 0. The van der Waals surface area contributed by atoms with Crippen LogP contribution in [-0.4, -0.2) is 24.7 Å². The molecule has 0 fully saturated rings. The van der Waals surface area contributed by atoms with Gasteiger partial charge in [0.15, 0.2) is 5.60 Å². The molecule has 0 saturated heterocycles. The normalized spacial score (nSPS) is 13.8. The highest BCUT2D eigenvalue weighted by Crippen LogP contribution is 2.28. The van der Waals surface area contributed by atoms with Crippen molar-refractivity contribution >= 4 is 5.97 Å². The number of carbonyl (C=O) groups excluding carboxylic acids is 1. The molecule has 1 aromatic rings. The van der Waals surface area contributed by atoms with Gasteiger partial charge in [0.2, 0.25) is 0 Å². The lowest BCUT2D eigenvalue weighted by molar-refractivity contribution is -0.164. The number of nitrogens with two attached hydrogens (primary N) is 1. The highest BCUT2D eigenvalue weighted by Gasteiger charge is 2.38. The molecule has 0 radical (unpaired) electrons. The van der Waals surface area contributed by atoms with Crippen LogP contribution in [0.15, 0.2) is 30.3 Å². The van der Waals surface area contributed by atoms with Gasteiger partial charge in [0, 0.05) is 0 Å². The molecule has 0 aliphatic carbocycles. The molecule has 106 valence electrons. The molecular formula is C15H23NO3. The van der Waals surface area contributed by atoms with Crippen molar-refractivity contribution in [1.29, 1.82) is 0 Å². The molecule has 4 heteroatoms. The molecule has 0 heterocycles. The maximum absolute atomic E-state index is 11.9. The fraction of sp³-hybridized carbons (Fsp3) is 0.533. The maximum Gasteiger partial charge on any atom is 0.342 e. The topological polar surface area (TPSA) is 72.5 Å². The zero-order valence-corrected chi connectivity index (χ0v) is 11.5. The predicted octanol–water partition coefficient (Wildman–Crippen LogP) is 1.96. The second-order valence-electron chi connectivity index (χ2n) is 4.67. The van der Waals surface area contributed by atoms with Gasteiger partial charge in [-0.2, -0.15) is 0 Å². The second-order valence-corrected chi connectivity index (χ2v) is 4.67. The molecule has 0 bridgehead atoms. The van der Waals surface area contributed by atoms with E-state index in [1.165, 1.54) is 7.11 Å². The Balaban J connectivity index is 2.69. The van der Waals surface area contributed by atoms with Crippen molar-refractivity contribution in [2.45, 2.75) is 37.7 Å². The summed E-state index contributed by atoms with van der Waals surface area (Å²) in [5, 5.41) is 10.6. The van der Waals surface area contributed by atoms with Gasteiger partial charge in [-0.3, -0.25) is 0 Å². The lowest BCUT2D eigenvalue weighted by atomic mass is 9.88. The summed E-state index contributed by atoms with van der Waals surface area (Å²) in [5.41, 5.74) is 4.47. The fourth-order valence-electron chi connectivity index (χ4n) is 2.13. The summed E-state index contributed by atoms with van der Waals surface area (Å²) in [6.45, 7) is 0.681. The number of benzene rings is 1. The van der Waals surface area contributed by atoms with E-state index in [-0.39, 0.29) is 0 Å². The van der Waals surface area contributed by atoms with E-state index in [4.69, 9.17) is 10.5 Å². The largest absolute Gasteiger partial charge is 0.467 e. The Kier molecular flexibility index (Phi) is 6.53. The van der Waals surface area contributed by atoms with Crippen LogP contribution in [0.2, 0.25) is 0 Å². The van der Waals surface area contributed by atoms with Crippen molar-refractivity contribution in [2.24, 2.45) is 5.73 Å². The number of unbranched alkanes of at least 4 members (excludes halogenated alkanes) is 3. The monoisotopic (exact) mass is 265 g/mol. The SMILES string of the molecule is COC(=O)[C@@](O)(CCCCCCN)c1ccccc1. The van der Waals surface area contributed by atoms with E-state index >= 15 is 0 Å². The predicted molar refractivity (Wildman–Crippen MR) is 74.5 cm³/mol. The summed E-state index contributed by atoms with van der Waals surface area (Å²) in [5.74, 6) is -0.600. The van der Waals surface area contributed by atoms with Crippen LogP contribution in [0.5, 0.6) is 0 Å². The van der Waals surface area contributed by atoms with E-state index in [9.17, 15) is 9.90 Å². The van der Waals surface area contributed by atoms with E-state index in [1.807, 2.05) is 6.07 Å². The van der Waals surface area contributed by atoms with Crippen LogP contribution in [-0.2, 0) is 15.1 Å². The Hall–Kier alpha value is -1.39. The van der Waals surface area contributed by atoms with Gasteiger partial charge in [0.25, 0.3) is 0 Å². The summed E-state index contributed by atoms with van der Waals surface area (Å²) in [6, 6.07) is 8.95. The van der Waals surface area contributed by atoms with Crippen molar-refractivity contribution in [3.8, 4) is 0 Å². The first kappa shape index (κ1) is 15.7. The van der Waals surface area contributed by atoms with Gasteiger partial charge < -0.3 is 15.6 Å². The van der Waals surface area contributed by atoms with Crippen LogP contribution in [0.3, 0.4) is 0 Å². The number of ether oxygens (including phenoxy) is 1. The lowest BCUT2D eigenvalue weighted by Crippen LogP contribution is -2.36. The fourth-order valence-corrected chi connectivity index (χ4v) is 2.13. The Morgan fingerprint density at radius 3 is 2.42 bits per heavy atom. The molecule has 1 atom stereocenters. The van der Waals surface area contributed by atoms with Crippen molar-refractivity contribution in [1.82, 2.24) is 0 Å². The van der Waals surface area contributed by atoms with Crippen LogP contribution >= 0.6 is 0 Å². The Labute approximate surface area is 114 Å². The molecule has 1 aromatic carbocycles. The van der Waals surface area contributed by atoms with Gasteiger partial charge >= 0.3 is 5.97 Å². The standard InChI is InChI=1S/C15H23NO3/c1-19-14(17)15(18,11-7-2-3-8-12-16)13-9-5-4-6-10-13/h4-6,9-10,18H,2-3,7-8,11-12,16H2,1H3/t15-/m1/s1. The molecule has 0 saturated carbocycles. The van der Waals surface area contributed by atoms with Crippen LogP contribution in [0.25, 0.3) is 0 Å². The maximum atomic E-state index is 11.9. The molecule has 0 aliphatic heterocycles. The van der Waals surface area contributed by atoms with Crippen LogP contribution in [0, 0.1) is 0 Å². The third kappa shape index (κ3) is 4.33. The zero-order valence-electron chi connectivity index (χ0n) is 11.5. The van der Waals surface area contributed by atoms with Gasteiger partial charge in [-0.15, -0.1) is 0 Å². The zero-order chi connectivity index (χ0) is 14.1. The van der Waals surface area contributed by atoms with E-state index in [2.05, 4.69) is 0 Å². The van der Waals surface area contributed by atoms with Gasteiger partial charge in [0.05, 0.1) is 7.11 Å². The van der Waals surface area contributed by atoms with Gasteiger partial charge in [0.1, 0.15) is 0 Å². The Morgan fingerprint density at radius 2 is 1.84 bits per heavy atom. The number of aliphatic hydroxyl groups is 1. The molecule has 0 unspecified atom stereocenters. The molecule has 0 amide bonds. The first-order valence-corrected chi connectivity index (χ1v) is 6.71. The Bertz CT molecular complexity index is 380. The minimum absolute atomic E-state index is 0.369. The summed E-state index contributed by atoms with van der Waals surface area (Å²) in [6.07, 6.45) is 4.07. The van der Waals surface area contributed by atoms with E-state index in [0.717, 1.165) is 25.7 Å². The molecule has 4 nitrogen and oxygen atoms in total. The van der Waals surface area contributed by atoms with Crippen molar-refractivity contribution in [3.63, 3.8) is 0 Å². The van der Waals surface area contributed by atoms with Gasteiger partial charge in [-0.1, -0.05) is 43.2 Å². The average Bonchev–Trinajstić information content (AvgIpc) is 2.46. The number of rotatable bonds is 8. The van der Waals surface area contributed by atoms with E-state index < -0.39 is 11.6 Å². The summed E-state index contributed by atoms with van der Waals surface area (Å²) in [4.78, 5) is 11.9. The second kappa shape index (κ2) is 7.92. The third-order valence-electron chi connectivity index (χ3n) is 3.27. The summed E-state index contributed by atoms with van der Waals surface area (Å²) in [7, 11) is 1.30. The first-order chi connectivity index (χ1) is 9.15. The Morgan fingerprint density at radius 1 is 1.21 bits per heavy atom. The van der Waals surface area contributed by atoms with Crippen molar-refractivity contribution < 1.29 is 14.6 Å². The van der Waals surface area contributed by atoms with Gasteiger partial charge in [-0.25, -0.2) is 4.79 Å². The minimum Gasteiger partial charge on any atom is -0.467 e. The molecule has 1 rings (SSSR count). The number of methoxy groups -OCH3 is 1. The third-order valence-corrected chi connectivity index (χ3v) is 3.27. The number of hydrogen-bond acceptors (Lipinski definition) is 4. The molecule has 0 spiro atoms. The van der Waals surface area contributed by atoms with Crippen molar-refractivity contribution in [3.05, 3.63) is 35.9 Å². The van der Waals surface area contributed by atoms with Crippen LogP contribution in [0.4, 0.5) is 0 Å². The van der Waals surface area contributed by atoms with Crippen molar-refractivity contribution in [2.75, 3.05) is 13.7 Å². The highest BCUT2D eigenvalue weighted by atomic mass is 16.5. The number of carbonyl (C=O) groups is 1. The molecule has 0 aromatic heterocycles. The van der Waals surface area contributed by atoms with Crippen LogP contribution < -0.4 is 5.73 Å². The average molecular weight is 265 g/mol. The van der Waals surface area contributed by atoms with E-state index in [0.29, 0.717) is 18.5 Å². The first-order valence-electron chi connectivity index (χ1n) is 6.71. The molecular weight excluding hydrogens is 242 g/mol. The highest BCUT2D eigenvalue weighted by molar-refractivity contribution is 5.80. The molecule has 19 heavy (non-hydrogen) atoms. The number of hydrogen-bond donors (Lipinski definition) is 2. The summed E-state index contributed by atoms with van der Waals surface area (Å²) < 4.78 is 4.74. The van der Waals surface area contributed by atoms with Crippen LogP contribution in [0.1, 0.15) is 37.7 Å². The molecule has 3 N–H and O–H groups in total. The lowest BCUT2D eigenvalue weighted by Gasteiger charge is -2.25. The van der Waals surface area contributed by atoms with Gasteiger partial charge in [-0.05, 0) is 31.4 Å². The minimum atomic E-state index is -1.54. The quantitative estimate of drug-likeness (QED) is 0.556. The van der Waals surface area contributed by atoms with E-state index in [1.54, 1.807) is 24.3 Å². The smallest absolute Gasteiger partial charge is 0.342 e. The molecule has 0 aliphatic rings.